The lowest BCUT2D eigenvalue weighted by Crippen LogP contribution is -2.27. The molecule has 0 aromatic carbocycles. The van der Waals surface area contributed by atoms with Gasteiger partial charge in [0.05, 0.1) is 17.8 Å². The maximum Gasteiger partial charge on any atom is 0.257 e. The lowest BCUT2D eigenvalue weighted by molar-refractivity contribution is 0.0782. The Morgan fingerprint density at radius 2 is 2.00 bits per heavy atom. The van der Waals surface area contributed by atoms with E-state index in [4.69, 9.17) is 0 Å². The summed E-state index contributed by atoms with van der Waals surface area (Å²) in [6.45, 7) is 2.50. The molecule has 0 fully saturated rings. The van der Waals surface area contributed by atoms with Gasteiger partial charge in [-0.05, 0) is 31.2 Å². The van der Waals surface area contributed by atoms with Crippen molar-refractivity contribution in [3.63, 3.8) is 0 Å². The monoisotopic (exact) mass is 299 g/mol. The molecule has 1 aliphatic rings. The van der Waals surface area contributed by atoms with Crippen molar-refractivity contribution >= 4 is 5.91 Å². The molecule has 0 bridgehead atoms. The molecule has 0 unspecified atom stereocenters. The van der Waals surface area contributed by atoms with E-state index >= 15 is 0 Å². The summed E-state index contributed by atoms with van der Waals surface area (Å²) < 4.78 is 0. The third-order valence-corrected chi connectivity index (χ3v) is 4.14. The zero-order valence-electron chi connectivity index (χ0n) is 13.1. The van der Waals surface area contributed by atoms with Crippen molar-refractivity contribution in [3.05, 3.63) is 40.7 Å². The Morgan fingerprint density at radius 1 is 1.27 bits per heavy atom. The van der Waals surface area contributed by atoms with Crippen molar-refractivity contribution in [3.8, 4) is 0 Å². The van der Waals surface area contributed by atoms with Gasteiger partial charge in [-0.2, -0.15) is 5.10 Å². The Morgan fingerprint density at radius 3 is 2.73 bits per heavy atom. The second-order valence-corrected chi connectivity index (χ2v) is 5.74. The van der Waals surface area contributed by atoms with Crippen LogP contribution in [0.1, 0.15) is 52.9 Å². The van der Waals surface area contributed by atoms with E-state index in [1.165, 1.54) is 24.1 Å². The highest BCUT2D eigenvalue weighted by atomic mass is 16.2. The molecule has 6 nitrogen and oxygen atoms in total. The molecule has 1 amide bonds. The van der Waals surface area contributed by atoms with Crippen molar-refractivity contribution in [2.24, 2.45) is 0 Å². The summed E-state index contributed by atoms with van der Waals surface area (Å²) in [4.78, 5) is 22.5. The minimum absolute atomic E-state index is 0.0739. The lowest BCUT2D eigenvalue weighted by Gasteiger charge is -2.18. The summed E-state index contributed by atoms with van der Waals surface area (Å²) in [5, 5.41) is 7.50. The van der Waals surface area contributed by atoms with E-state index in [9.17, 15) is 4.79 Å². The molecule has 6 heteroatoms. The van der Waals surface area contributed by atoms with Crippen LogP contribution in [0.5, 0.6) is 0 Å². The van der Waals surface area contributed by atoms with Crippen molar-refractivity contribution in [2.75, 3.05) is 7.05 Å². The fraction of sp³-hybridized carbons (Fsp3) is 0.500. The molecule has 0 saturated heterocycles. The van der Waals surface area contributed by atoms with Crippen LogP contribution in [0, 0.1) is 0 Å². The summed E-state index contributed by atoms with van der Waals surface area (Å²) in [6.07, 6.45) is 8.50. The average Bonchev–Trinajstić information content (AvgIpc) is 2.97. The van der Waals surface area contributed by atoms with Gasteiger partial charge in [0.1, 0.15) is 5.82 Å². The number of rotatable bonds is 4. The topological polar surface area (TPSA) is 74.8 Å². The molecule has 3 rings (SSSR count). The van der Waals surface area contributed by atoms with Gasteiger partial charge in [0.25, 0.3) is 5.91 Å². The first-order valence-electron chi connectivity index (χ1n) is 7.80. The number of fused-ring (bicyclic) bond motifs is 1. The van der Waals surface area contributed by atoms with Gasteiger partial charge in [-0.3, -0.25) is 9.89 Å². The standard InChI is InChI=1S/C16H21N5O/c1-3-15-17-8-11(9-18-15)16(22)21(2)10-14-12-6-4-5-7-13(12)19-20-14/h8-9H,3-7,10H2,1-2H3,(H,19,20). The van der Waals surface area contributed by atoms with E-state index in [1.54, 1.807) is 24.3 Å². The highest BCUT2D eigenvalue weighted by Crippen LogP contribution is 2.23. The van der Waals surface area contributed by atoms with Crippen LogP contribution in [0.3, 0.4) is 0 Å². The SMILES string of the molecule is CCc1ncc(C(=O)N(C)Cc2n[nH]c3c2CCCC3)cn1. The Kier molecular flexibility index (Phi) is 4.18. The zero-order chi connectivity index (χ0) is 15.5. The highest BCUT2D eigenvalue weighted by Gasteiger charge is 2.20. The molecule has 2 aromatic rings. The van der Waals surface area contributed by atoms with Gasteiger partial charge in [0.15, 0.2) is 0 Å². The highest BCUT2D eigenvalue weighted by molar-refractivity contribution is 5.93. The number of aryl methyl sites for hydroxylation is 2. The Balaban J connectivity index is 1.72. The lowest BCUT2D eigenvalue weighted by atomic mass is 9.96. The number of amides is 1. The van der Waals surface area contributed by atoms with Crippen LogP contribution in [0.4, 0.5) is 0 Å². The summed E-state index contributed by atoms with van der Waals surface area (Å²) in [5.41, 5.74) is 4.03. The molecule has 0 aliphatic heterocycles. The number of nitrogens with zero attached hydrogens (tertiary/aromatic N) is 4. The Hall–Kier alpha value is -2.24. The molecule has 22 heavy (non-hydrogen) atoms. The Labute approximate surface area is 130 Å². The molecule has 1 N–H and O–H groups in total. The summed E-state index contributed by atoms with van der Waals surface area (Å²) in [5.74, 6) is 0.677. The summed E-state index contributed by atoms with van der Waals surface area (Å²) in [6, 6.07) is 0. The first kappa shape index (κ1) is 14.7. The van der Waals surface area contributed by atoms with Gasteiger partial charge < -0.3 is 4.90 Å². The molecular formula is C16H21N5O. The van der Waals surface area contributed by atoms with Crippen LogP contribution in [0.15, 0.2) is 12.4 Å². The summed E-state index contributed by atoms with van der Waals surface area (Å²) >= 11 is 0. The second kappa shape index (κ2) is 6.25. The van der Waals surface area contributed by atoms with E-state index in [2.05, 4.69) is 20.2 Å². The van der Waals surface area contributed by atoms with Crippen LogP contribution in [-0.4, -0.2) is 38.0 Å². The van der Waals surface area contributed by atoms with Gasteiger partial charge in [0.2, 0.25) is 0 Å². The van der Waals surface area contributed by atoms with Crippen LogP contribution in [-0.2, 0) is 25.8 Å². The van der Waals surface area contributed by atoms with E-state index in [0.29, 0.717) is 12.1 Å². The predicted molar refractivity (Wildman–Crippen MR) is 82.4 cm³/mol. The molecular weight excluding hydrogens is 278 g/mol. The van der Waals surface area contributed by atoms with E-state index < -0.39 is 0 Å². The maximum absolute atomic E-state index is 12.4. The first-order valence-corrected chi connectivity index (χ1v) is 7.80. The number of hydrogen-bond acceptors (Lipinski definition) is 4. The third-order valence-electron chi connectivity index (χ3n) is 4.14. The minimum atomic E-state index is -0.0739. The molecule has 2 heterocycles. The van der Waals surface area contributed by atoms with E-state index in [-0.39, 0.29) is 5.91 Å². The number of hydrogen-bond donors (Lipinski definition) is 1. The molecule has 0 atom stereocenters. The number of aromatic amines is 1. The van der Waals surface area contributed by atoms with Gasteiger partial charge in [0, 0.05) is 31.6 Å². The fourth-order valence-corrected chi connectivity index (χ4v) is 2.85. The van der Waals surface area contributed by atoms with Gasteiger partial charge >= 0.3 is 0 Å². The molecule has 1 aliphatic carbocycles. The van der Waals surface area contributed by atoms with Crippen LogP contribution in [0.2, 0.25) is 0 Å². The van der Waals surface area contributed by atoms with E-state index in [1.807, 2.05) is 6.92 Å². The molecule has 2 aromatic heterocycles. The minimum Gasteiger partial charge on any atom is -0.336 e. The normalized spacial score (nSPS) is 13.7. The van der Waals surface area contributed by atoms with Crippen LogP contribution in [0.25, 0.3) is 0 Å². The molecule has 0 spiro atoms. The number of carbonyl (C=O) groups excluding carboxylic acids is 1. The molecule has 0 saturated carbocycles. The fourth-order valence-electron chi connectivity index (χ4n) is 2.85. The first-order chi connectivity index (χ1) is 10.7. The van der Waals surface area contributed by atoms with Gasteiger partial charge in [-0.25, -0.2) is 9.97 Å². The third kappa shape index (κ3) is 2.86. The van der Waals surface area contributed by atoms with Crippen molar-refractivity contribution in [2.45, 2.75) is 45.6 Å². The average molecular weight is 299 g/mol. The molecule has 0 radical (unpaired) electrons. The largest absolute Gasteiger partial charge is 0.336 e. The van der Waals surface area contributed by atoms with Crippen LogP contribution >= 0.6 is 0 Å². The van der Waals surface area contributed by atoms with Crippen molar-refractivity contribution < 1.29 is 4.79 Å². The number of aromatic nitrogens is 4. The zero-order valence-corrected chi connectivity index (χ0v) is 13.1. The van der Waals surface area contributed by atoms with E-state index in [0.717, 1.165) is 30.8 Å². The van der Waals surface area contributed by atoms with Gasteiger partial charge in [-0.15, -0.1) is 0 Å². The Bertz CT molecular complexity index is 662. The maximum atomic E-state index is 12.4. The van der Waals surface area contributed by atoms with Gasteiger partial charge in [-0.1, -0.05) is 6.92 Å². The number of H-pyrrole nitrogens is 1. The van der Waals surface area contributed by atoms with Crippen molar-refractivity contribution in [1.82, 2.24) is 25.1 Å². The number of carbonyl (C=O) groups is 1. The number of nitrogens with one attached hydrogen (secondary N) is 1. The predicted octanol–water partition coefficient (Wildman–Crippen LogP) is 1.91. The smallest absolute Gasteiger partial charge is 0.257 e. The summed E-state index contributed by atoms with van der Waals surface area (Å²) in [7, 11) is 1.79. The van der Waals surface area contributed by atoms with Crippen molar-refractivity contribution in [1.29, 1.82) is 0 Å². The second-order valence-electron chi connectivity index (χ2n) is 5.74. The molecule has 116 valence electrons. The quantitative estimate of drug-likeness (QED) is 0.936. The van der Waals surface area contributed by atoms with Crippen LogP contribution < -0.4 is 0 Å².